The number of nitrogens with zero attached hydrogens (tertiary/aromatic N) is 4. The van der Waals surface area contributed by atoms with Crippen molar-refractivity contribution in [1.82, 2.24) is 19.8 Å². The first-order valence-electron chi connectivity index (χ1n) is 7.47. The minimum absolute atomic E-state index is 0.152. The largest absolute Gasteiger partial charge is 0.490 e. The third kappa shape index (κ3) is 4.18. The normalized spacial score (nSPS) is 17.4. The second kappa shape index (κ2) is 7.66. The van der Waals surface area contributed by atoms with Gasteiger partial charge in [0, 0.05) is 31.2 Å². The maximum Gasteiger partial charge on any atom is 0.407 e. The molecule has 1 unspecified atom stereocenters. The molecule has 0 aromatic carbocycles. The molecule has 1 saturated heterocycles. The zero-order valence-corrected chi connectivity index (χ0v) is 14.6. The monoisotopic (exact) mass is 382 g/mol. The highest BCUT2D eigenvalue weighted by atomic mass is 35.5. The van der Waals surface area contributed by atoms with Crippen LogP contribution < -0.4 is 4.74 Å². The summed E-state index contributed by atoms with van der Waals surface area (Å²) in [4.78, 5) is 34.8. The van der Waals surface area contributed by atoms with E-state index < -0.39 is 12.1 Å². The van der Waals surface area contributed by atoms with Gasteiger partial charge in [0.05, 0.1) is 12.2 Å². The molecule has 0 spiro atoms. The summed E-state index contributed by atoms with van der Waals surface area (Å²) in [6.07, 6.45) is 2.17. The molecule has 1 aliphatic rings. The molecular formula is C15H15ClN4O4S. The van der Waals surface area contributed by atoms with Crippen LogP contribution in [-0.2, 0) is 0 Å². The molecule has 2 aromatic rings. The third-order valence-corrected chi connectivity index (χ3v) is 4.76. The molecule has 10 heteroatoms. The highest BCUT2D eigenvalue weighted by Gasteiger charge is 2.34. The van der Waals surface area contributed by atoms with Gasteiger partial charge in [0.15, 0.2) is 4.47 Å². The van der Waals surface area contributed by atoms with Gasteiger partial charge in [-0.25, -0.2) is 9.78 Å². The van der Waals surface area contributed by atoms with E-state index in [4.69, 9.17) is 16.3 Å². The van der Waals surface area contributed by atoms with Crippen molar-refractivity contribution < 1.29 is 19.4 Å². The number of carbonyl (C=O) groups excluding carboxylic acids is 1. The Kier molecular flexibility index (Phi) is 5.34. The maximum atomic E-state index is 12.7. The van der Waals surface area contributed by atoms with Crippen LogP contribution in [-0.4, -0.2) is 69.2 Å². The number of rotatable bonds is 4. The van der Waals surface area contributed by atoms with Gasteiger partial charge in [0.25, 0.3) is 5.91 Å². The van der Waals surface area contributed by atoms with Crippen LogP contribution in [0.2, 0.25) is 4.47 Å². The van der Waals surface area contributed by atoms with Crippen molar-refractivity contribution in [3.05, 3.63) is 40.1 Å². The number of hydrogen-bond acceptors (Lipinski definition) is 6. The lowest BCUT2D eigenvalue weighted by Gasteiger charge is -2.39. The molecule has 2 aromatic heterocycles. The summed E-state index contributed by atoms with van der Waals surface area (Å²) in [6.45, 7) is 0.821. The predicted molar refractivity (Wildman–Crippen MR) is 91.3 cm³/mol. The van der Waals surface area contributed by atoms with Gasteiger partial charge < -0.3 is 19.6 Å². The maximum absolute atomic E-state index is 12.7. The van der Waals surface area contributed by atoms with E-state index in [2.05, 4.69) is 9.97 Å². The molecule has 1 N–H and O–H groups in total. The van der Waals surface area contributed by atoms with Crippen molar-refractivity contribution in [2.45, 2.75) is 6.04 Å². The van der Waals surface area contributed by atoms with Crippen molar-refractivity contribution in [1.29, 1.82) is 0 Å². The Labute approximate surface area is 152 Å². The van der Waals surface area contributed by atoms with Crippen LogP contribution in [0.5, 0.6) is 5.75 Å². The Morgan fingerprint density at radius 2 is 2.28 bits per heavy atom. The summed E-state index contributed by atoms with van der Waals surface area (Å²) in [5, 5.41) is 10.8. The van der Waals surface area contributed by atoms with Crippen molar-refractivity contribution in [2.24, 2.45) is 0 Å². The number of amides is 2. The first kappa shape index (κ1) is 17.4. The van der Waals surface area contributed by atoms with Gasteiger partial charge >= 0.3 is 6.09 Å². The van der Waals surface area contributed by atoms with E-state index in [0.717, 1.165) is 0 Å². The summed E-state index contributed by atoms with van der Waals surface area (Å²) in [5.41, 5.74) is 0.255. The van der Waals surface area contributed by atoms with Crippen LogP contribution in [0.1, 0.15) is 10.5 Å². The summed E-state index contributed by atoms with van der Waals surface area (Å²) < 4.78 is 5.96. The molecule has 1 atom stereocenters. The lowest BCUT2D eigenvalue weighted by atomic mass is 10.1. The van der Waals surface area contributed by atoms with Crippen LogP contribution in [0.15, 0.2) is 29.9 Å². The molecule has 3 rings (SSSR count). The first-order valence-corrected chi connectivity index (χ1v) is 8.73. The topological polar surface area (TPSA) is 95.9 Å². The van der Waals surface area contributed by atoms with Gasteiger partial charge in [-0.15, -0.1) is 11.3 Å². The fourth-order valence-electron chi connectivity index (χ4n) is 2.56. The Balaban J connectivity index is 1.74. The van der Waals surface area contributed by atoms with Gasteiger partial charge in [-0.1, -0.05) is 11.6 Å². The van der Waals surface area contributed by atoms with Crippen molar-refractivity contribution in [2.75, 3.05) is 26.2 Å². The molecule has 2 amide bonds. The zero-order chi connectivity index (χ0) is 17.8. The van der Waals surface area contributed by atoms with E-state index in [9.17, 15) is 14.7 Å². The lowest BCUT2D eigenvalue weighted by Crippen LogP contribution is -2.58. The van der Waals surface area contributed by atoms with E-state index in [1.54, 1.807) is 34.8 Å². The molecule has 132 valence electrons. The smallest absolute Gasteiger partial charge is 0.407 e. The molecular weight excluding hydrogens is 368 g/mol. The van der Waals surface area contributed by atoms with Crippen LogP contribution in [0.3, 0.4) is 0 Å². The summed E-state index contributed by atoms with van der Waals surface area (Å²) in [5.74, 6) is 0.270. The number of halogens is 1. The average molecular weight is 383 g/mol. The van der Waals surface area contributed by atoms with E-state index >= 15 is 0 Å². The summed E-state index contributed by atoms with van der Waals surface area (Å²) in [7, 11) is 0. The van der Waals surface area contributed by atoms with Crippen LogP contribution >= 0.6 is 22.9 Å². The van der Waals surface area contributed by atoms with E-state index in [1.807, 2.05) is 0 Å². The quantitative estimate of drug-likeness (QED) is 0.869. The molecule has 25 heavy (non-hydrogen) atoms. The fraction of sp³-hybridized carbons (Fsp3) is 0.333. The number of pyridine rings is 1. The third-order valence-electron chi connectivity index (χ3n) is 3.79. The van der Waals surface area contributed by atoms with E-state index in [-0.39, 0.29) is 42.3 Å². The molecule has 1 aliphatic heterocycles. The second-order valence-corrected chi connectivity index (χ2v) is 6.81. The Morgan fingerprint density at radius 3 is 2.92 bits per heavy atom. The highest BCUT2D eigenvalue weighted by Crippen LogP contribution is 2.20. The van der Waals surface area contributed by atoms with Gasteiger partial charge in [0.1, 0.15) is 18.1 Å². The standard InChI is InChI=1S/C15H15ClN4O4S/c16-14-18-12(9-25-14)13(21)20-5-4-19(15(22)23)7-10(20)8-24-11-2-1-3-17-6-11/h1-3,6,9-10H,4-5,7-8H2,(H,22,23). The first-order chi connectivity index (χ1) is 12.0. The summed E-state index contributed by atoms with van der Waals surface area (Å²) >= 11 is 6.98. The van der Waals surface area contributed by atoms with Gasteiger partial charge in [-0.05, 0) is 12.1 Å². The van der Waals surface area contributed by atoms with E-state index in [1.165, 1.54) is 16.2 Å². The number of ether oxygens (including phenoxy) is 1. The van der Waals surface area contributed by atoms with E-state index in [0.29, 0.717) is 5.75 Å². The zero-order valence-electron chi connectivity index (χ0n) is 13.0. The predicted octanol–water partition coefficient (Wildman–Crippen LogP) is 2.07. The molecule has 0 aliphatic carbocycles. The minimum atomic E-state index is -1.02. The van der Waals surface area contributed by atoms with Crippen molar-refractivity contribution in [3.63, 3.8) is 0 Å². The number of carboxylic acid groups (broad SMARTS) is 1. The van der Waals surface area contributed by atoms with Gasteiger partial charge in [-0.3, -0.25) is 9.78 Å². The number of piperazine rings is 1. The van der Waals surface area contributed by atoms with Crippen LogP contribution in [0.4, 0.5) is 4.79 Å². The van der Waals surface area contributed by atoms with Gasteiger partial charge in [-0.2, -0.15) is 0 Å². The Morgan fingerprint density at radius 1 is 1.44 bits per heavy atom. The minimum Gasteiger partial charge on any atom is -0.490 e. The Bertz CT molecular complexity index is 757. The molecule has 0 saturated carbocycles. The number of thiazole rings is 1. The van der Waals surface area contributed by atoms with Crippen molar-refractivity contribution >= 4 is 34.9 Å². The average Bonchev–Trinajstić information content (AvgIpc) is 3.06. The van der Waals surface area contributed by atoms with Gasteiger partial charge in [0.2, 0.25) is 0 Å². The fourth-order valence-corrected chi connectivity index (χ4v) is 3.30. The van der Waals surface area contributed by atoms with Crippen molar-refractivity contribution in [3.8, 4) is 5.75 Å². The second-order valence-electron chi connectivity index (χ2n) is 5.37. The molecule has 8 nitrogen and oxygen atoms in total. The number of carbonyl (C=O) groups is 2. The Hall–Kier alpha value is -2.39. The SMILES string of the molecule is O=C(O)N1CCN(C(=O)c2csc(Cl)n2)C(COc2cccnc2)C1. The van der Waals surface area contributed by atoms with Crippen LogP contribution in [0.25, 0.3) is 0 Å². The summed E-state index contributed by atoms with van der Waals surface area (Å²) in [6, 6.07) is 3.05. The molecule has 3 heterocycles. The molecule has 1 fully saturated rings. The highest BCUT2D eigenvalue weighted by molar-refractivity contribution is 7.14. The number of aromatic nitrogens is 2. The van der Waals surface area contributed by atoms with Crippen LogP contribution in [0, 0.1) is 0 Å². The molecule has 0 radical (unpaired) electrons. The lowest BCUT2D eigenvalue weighted by molar-refractivity contribution is 0.0336. The number of hydrogen-bond donors (Lipinski definition) is 1. The molecule has 0 bridgehead atoms.